The Balaban J connectivity index is 1.64. The van der Waals surface area contributed by atoms with Gasteiger partial charge < -0.3 is 9.50 Å². The van der Waals surface area contributed by atoms with Gasteiger partial charge in [-0.2, -0.15) is 8.42 Å². The number of aliphatic imine (C=N–C) groups is 1. The minimum Gasteiger partial charge on any atom is -0.378 e. The first-order valence-corrected chi connectivity index (χ1v) is 13.7. The normalized spacial score (nSPS) is 16.3. The number of para-hydroxylation sites is 1. The van der Waals surface area contributed by atoms with Crippen molar-refractivity contribution in [2.45, 2.75) is 11.8 Å². The molecule has 3 aromatic rings. The van der Waals surface area contributed by atoms with Crippen LogP contribution in [0, 0.1) is 10.5 Å². The van der Waals surface area contributed by atoms with Gasteiger partial charge in [-0.1, -0.05) is 45.8 Å². The Labute approximate surface area is 217 Å². The van der Waals surface area contributed by atoms with Crippen molar-refractivity contribution in [1.82, 2.24) is 5.32 Å². The second kappa shape index (κ2) is 10.00. The number of amides is 1. The number of nitrogens with one attached hydrogen (secondary N) is 1. The average Bonchev–Trinajstić information content (AvgIpc) is 3.10. The topological polar surface area (TPSA) is 84.8 Å². The molecule has 1 aliphatic rings. The van der Waals surface area contributed by atoms with E-state index in [0.717, 1.165) is 14.8 Å². The molecule has 33 heavy (non-hydrogen) atoms. The lowest BCUT2D eigenvalue weighted by Crippen LogP contribution is -2.19. The first-order chi connectivity index (χ1) is 15.7. The highest BCUT2D eigenvalue weighted by molar-refractivity contribution is 14.1. The number of aryl methyl sites for hydroxylation is 1. The number of amidine groups is 1. The maximum Gasteiger partial charge on any atom is 0.339 e. The maximum absolute atomic E-state index is 12.8. The second-order valence-corrected chi connectivity index (χ2v) is 11.6. The van der Waals surface area contributed by atoms with E-state index in [2.05, 4.69) is 48.8 Å². The molecule has 0 unspecified atom stereocenters. The molecule has 6 nitrogen and oxygen atoms in total. The summed E-state index contributed by atoms with van der Waals surface area (Å²) in [6.45, 7) is 1.87. The molecular formula is C23H16BrIN2O4S2. The monoisotopic (exact) mass is 654 g/mol. The summed E-state index contributed by atoms with van der Waals surface area (Å²) in [4.78, 5) is 17.5. The van der Waals surface area contributed by atoms with Gasteiger partial charge in [-0.05, 0) is 89.8 Å². The molecule has 0 saturated carbocycles. The number of halogens is 2. The van der Waals surface area contributed by atoms with Gasteiger partial charge in [0.05, 0.1) is 10.6 Å². The first kappa shape index (κ1) is 24.0. The van der Waals surface area contributed by atoms with Gasteiger partial charge in [0.1, 0.15) is 10.6 Å². The minimum atomic E-state index is -4.05. The third-order valence-corrected chi connectivity index (χ3v) is 8.06. The van der Waals surface area contributed by atoms with E-state index in [1.807, 2.05) is 31.2 Å². The molecule has 0 bridgehead atoms. The van der Waals surface area contributed by atoms with Crippen LogP contribution in [0.5, 0.6) is 5.75 Å². The summed E-state index contributed by atoms with van der Waals surface area (Å²) in [6, 6.07) is 18.9. The quantitative estimate of drug-likeness (QED) is 0.207. The molecule has 1 fully saturated rings. The summed E-state index contributed by atoms with van der Waals surface area (Å²) in [7, 11) is -4.05. The van der Waals surface area contributed by atoms with Gasteiger partial charge in [-0.15, -0.1) is 0 Å². The molecule has 1 saturated heterocycles. The van der Waals surface area contributed by atoms with Gasteiger partial charge in [-0.25, -0.2) is 4.99 Å². The lowest BCUT2D eigenvalue weighted by Gasteiger charge is -2.10. The lowest BCUT2D eigenvalue weighted by atomic mass is 10.2. The van der Waals surface area contributed by atoms with E-state index in [9.17, 15) is 13.2 Å². The third-order valence-electron chi connectivity index (χ3n) is 4.49. The van der Waals surface area contributed by atoms with Crippen LogP contribution in [-0.2, 0) is 14.9 Å². The largest absolute Gasteiger partial charge is 0.378 e. The predicted octanol–water partition coefficient (Wildman–Crippen LogP) is 6.02. The van der Waals surface area contributed by atoms with Crippen molar-refractivity contribution in [2.75, 3.05) is 0 Å². The summed E-state index contributed by atoms with van der Waals surface area (Å²) >= 11 is 6.75. The molecule has 1 amide bonds. The SMILES string of the molecule is Cc1ccc(S(=O)(=O)Oc2ccc(Br)cc2/C=C2/SC(=Nc3ccccc3I)NC2=O)cc1. The number of rotatable bonds is 5. The number of nitrogens with zero attached hydrogens (tertiary/aromatic N) is 1. The molecule has 1 N–H and O–H groups in total. The number of hydrogen-bond donors (Lipinski definition) is 1. The Morgan fingerprint density at radius 3 is 2.55 bits per heavy atom. The highest BCUT2D eigenvalue weighted by Gasteiger charge is 2.25. The van der Waals surface area contributed by atoms with Crippen molar-refractivity contribution >= 4 is 83.2 Å². The Bertz CT molecular complexity index is 1400. The van der Waals surface area contributed by atoms with E-state index < -0.39 is 10.1 Å². The van der Waals surface area contributed by atoms with Crippen LogP contribution in [-0.4, -0.2) is 19.5 Å². The Kier molecular flexibility index (Phi) is 7.27. The van der Waals surface area contributed by atoms with Crippen molar-refractivity contribution < 1.29 is 17.4 Å². The fraction of sp³-hybridized carbons (Fsp3) is 0.0435. The number of carbonyl (C=O) groups is 1. The van der Waals surface area contributed by atoms with E-state index in [1.165, 1.54) is 23.9 Å². The van der Waals surface area contributed by atoms with Crippen molar-refractivity contribution in [3.8, 4) is 5.75 Å². The zero-order valence-corrected chi connectivity index (χ0v) is 22.5. The van der Waals surface area contributed by atoms with Crippen molar-refractivity contribution in [3.63, 3.8) is 0 Å². The van der Waals surface area contributed by atoms with Crippen LogP contribution in [0.4, 0.5) is 5.69 Å². The molecule has 3 aromatic carbocycles. The Morgan fingerprint density at radius 2 is 1.82 bits per heavy atom. The highest BCUT2D eigenvalue weighted by Crippen LogP contribution is 2.33. The van der Waals surface area contributed by atoms with Crippen LogP contribution in [0.1, 0.15) is 11.1 Å². The number of benzene rings is 3. The number of thioether (sulfide) groups is 1. The maximum atomic E-state index is 12.8. The molecular weight excluding hydrogens is 639 g/mol. The minimum absolute atomic E-state index is 0.0505. The van der Waals surface area contributed by atoms with E-state index in [4.69, 9.17) is 4.18 Å². The predicted molar refractivity (Wildman–Crippen MR) is 143 cm³/mol. The van der Waals surface area contributed by atoms with E-state index in [1.54, 1.807) is 36.4 Å². The van der Waals surface area contributed by atoms with E-state index >= 15 is 0 Å². The molecule has 168 valence electrons. The number of carbonyl (C=O) groups excluding carboxylic acids is 1. The van der Waals surface area contributed by atoms with E-state index in [0.29, 0.717) is 20.1 Å². The van der Waals surface area contributed by atoms with Crippen LogP contribution in [0.15, 0.2) is 86.0 Å². The van der Waals surface area contributed by atoms with Crippen LogP contribution < -0.4 is 9.50 Å². The Hall–Kier alpha value is -2.15. The molecule has 0 aliphatic carbocycles. The smallest absolute Gasteiger partial charge is 0.339 e. The zero-order valence-electron chi connectivity index (χ0n) is 17.1. The van der Waals surface area contributed by atoms with Gasteiger partial charge in [0.25, 0.3) is 5.91 Å². The third kappa shape index (κ3) is 5.86. The molecule has 4 rings (SSSR count). The van der Waals surface area contributed by atoms with Gasteiger partial charge >= 0.3 is 10.1 Å². The lowest BCUT2D eigenvalue weighted by molar-refractivity contribution is -0.115. The van der Waals surface area contributed by atoms with Gasteiger partial charge in [-0.3, -0.25) is 4.79 Å². The first-order valence-electron chi connectivity index (χ1n) is 9.56. The molecule has 0 radical (unpaired) electrons. The van der Waals surface area contributed by atoms with Crippen molar-refractivity contribution in [3.05, 3.63) is 90.8 Å². The van der Waals surface area contributed by atoms with Gasteiger partial charge in [0.15, 0.2) is 5.17 Å². The number of hydrogen-bond acceptors (Lipinski definition) is 6. The fourth-order valence-corrected chi connectivity index (χ4v) is 5.52. The van der Waals surface area contributed by atoms with Crippen molar-refractivity contribution in [1.29, 1.82) is 0 Å². The molecule has 0 aromatic heterocycles. The molecule has 10 heteroatoms. The fourth-order valence-electron chi connectivity index (χ4n) is 2.85. The summed E-state index contributed by atoms with van der Waals surface area (Å²) in [5.41, 5.74) is 2.13. The van der Waals surface area contributed by atoms with Crippen LogP contribution in [0.2, 0.25) is 0 Å². The molecule has 0 spiro atoms. The summed E-state index contributed by atoms with van der Waals surface area (Å²) in [5.74, 6) is -0.209. The Morgan fingerprint density at radius 1 is 1.09 bits per heavy atom. The summed E-state index contributed by atoms with van der Waals surface area (Å²) in [6.07, 6.45) is 1.59. The summed E-state index contributed by atoms with van der Waals surface area (Å²) < 4.78 is 32.7. The van der Waals surface area contributed by atoms with Crippen LogP contribution in [0.3, 0.4) is 0 Å². The van der Waals surface area contributed by atoms with E-state index in [-0.39, 0.29) is 16.6 Å². The second-order valence-electron chi connectivity index (χ2n) is 6.97. The highest BCUT2D eigenvalue weighted by atomic mass is 127. The van der Waals surface area contributed by atoms with Crippen molar-refractivity contribution in [2.24, 2.45) is 4.99 Å². The van der Waals surface area contributed by atoms with Crippen LogP contribution >= 0.6 is 50.3 Å². The molecule has 1 aliphatic heterocycles. The zero-order chi connectivity index (χ0) is 23.6. The summed E-state index contributed by atoms with van der Waals surface area (Å²) in [5, 5.41) is 3.19. The van der Waals surface area contributed by atoms with Gasteiger partial charge in [0.2, 0.25) is 0 Å². The molecule has 1 heterocycles. The standard InChI is InChI=1S/C23H16BrIN2O4S2/c1-14-6-9-17(10-7-14)33(29,30)31-20-11-8-16(24)12-15(20)13-21-22(28)27-23(32-21)26-19-5-3-2-4-18(19)25/h2-13H,1H3,(H,26,27,28)/b21-13+. The van der Waals surface area contributed by atoms with Gasteiger partial charge in [0, 0.05) is 13.6 Å². The average molecular weight is 655 g/mol. The van der Waals surface area contributed by atoms with Crippen LogP contribution in [0.25, 0.3) is 6.08 Å². The molecule has 0 atom stereocenters.